The first-order chi connectivity index (χ1) is 16.7. The number of anilines is 3. The average molecular weight is 475 g/mol. The molecule has 0 bridgehead atoms. The molecule has 0 atom stereocenters. The maximum atomic E-state index is 6.28. The highest BCUT2D eigenvalue weighted by molar-refractivity contribution is 5.86. The van der Waals surface area contributed by atoms with E-state index in [-0.39, 0.29) is 5.41 Å². The fraction of sp³-hybridized carbons (Fsp3) is 0.423. The number of nitrogens with one attached hydrogen (secondary N) is 3. The van der Waals surface area contributed by atoms with Crippen molar-refractivity contribution in [1.29, 1.82) is 0 Å². The second-order valence-corrected chi connectivity index (χ2v) is 10.4. The van der Waals surface area contributed by atoms with E-state index in [9.17, 15) is 0 Å². The fourth-order valence-corrected chi connectivity index (χ4v) is 4.30. The van der Waals surface area contributed by atoms with Crippen molar-refractivity contribution in [3.05, 3.63) is 47.3 Å². The summed E-state index contributed by atoms with van der Waals surface area (Å²) in [7, 11) is 2.14. The lowest BCUT2D eigenvalue weighted by Gasteiger charge is -2.33. The SMILES string of the molecule is Cc1cc2c(C)c(Oc3nc(Nc4cc(C(C)(C)C)[nH]n4)cc(N4CCN(C)CC4)n3)ccc2[nH]1. The molecule has 1 aromatic carbocycles. The number of hydrogen-bond acceptors (Lipinski definition) is 7. The Bertz CT molecular complexity index is 1340. The van der Waals surface area contributed by atoms with Gasteiger partial charge < -0.3 is 24.8 Å². The van der Waals surface area contributed by atoms with Crippen molar-refractivity contribution >= 4 is 28.4 Å². The van der Waals surface area contributed by atoms with Crippen LogP contribution in [0.5, 0.6) is 11.8 Å². The van der Waals surface area contributed by atoms with Crippen LogP contribution in [0, 0.1) is 13.8 Å². The van der Waals surface area contributed by atoms with Gasteiger partial charge in [-0.05, 0) is 39.1 Å². The van der Waals surface area contributed by atoms with Gasteiger partial charge in [-0.3, -0.25) is 5.10 Å². The van der Waals surface area contributed by atoms with Crippen LogP contribution in [-0.4, -0.2) is 63.3 Å². The van der Waals surface area contributed by atoms with Crippen LogP contribution in [0.25, 0.3) is 10.9 Å². The third-order valence-corrected chi connectivity index (χ3v) is 6.52. The van der Waals surface area contributed by atoms with Crippen LogP contribution in [-0.2, 0) is 5.41 Å². The van der Waals surface area contributed by atoms with E-state index in [1.165, 1.54) is 0 Å². The van der Waals surface area contributed by atoms with Gasteiger partial charge in [0.1, 0.15) is 17.4 Å². The molecular formula is C26H34N8O. The third kappa shape index (κ3) is 4.95. The molecule has 4 heterocycles. The Morgan fingerprint density at radius 1 is 0.971 bits per heavy atom. The Balaban J connectivity index is 1.48. The molecule has 0 unspecified atom stereocenters. The molecule has 0 spiro atoms. The van der Waals surface area contributed by atoms with Crippen molar-refractivity contribution in [3.8, 4) is 11.8 Å². The Kier molecular flexibility index (Phi) is 5.88. The van der Waals surface area contributed by atoms with Crippen LogP contribution in [0.15, 0.2) is 30.3 Å². The van der Waals surface area contributed by atoms with Crippen molar-refractivity contribution in [1.82, 2.24) is 30.0 Å². The van der Waals surface area contributed by atoms with Crippen molar-refractivity contribution < 1.29 is 4.74 Å². The lowest BCUT2D eigenvalue weighted by Crippen LogP contribution is -2.44. The maximum Gasteiger partial charge on any atom is 0.325 e. The largest absolute Gasteiger partial charge is 0.424 e. The molecule has 9 nitrogen and oxygen atoms in total. The van der Waals surface area contributed by atoms with Crippen LogP contribution in [0.3, 0.4) is 0 Å². The van der Waals surface area contributed by atoms with E-state index in [0.29, 0.717) is 17.6 Å². The first kappa shape index (κ1) is 23.2. The van der Waals surface area contributed by atoms with E-state index in [2.05, 4.69) is 83.0 Å². The number of aromatic nitrogens is 5. The third-order valence-electron chi connectivity index (χ3n) is 6.52. The number of aryl methyl sites for hydroxylation is 2. The normalized spacial score (nSPS) is 15.1. The van der Waals surface area contributed by atoms with Gasteiger partial charge in [-0.1, -0.05) is 20.8 Å². The minimum absolute atomic E-state index is 0.0232. The number of H-pyrrole nitrogens is 2. The van der Waals surface area contributed by atoms with E-state index in [1.807, 2.05) is 24.3 Å². The number of fused-ring (bicyclic) bond motifs is 1. The van der Waals surface area contributed by atoms with Gasteiger partial charge in [0.05, 0.1) is 0 Å². The summed E-state index contributed by atoms with van der Waals surface area (Å²) in [5, 5.41) is 12.0. The van der Waals surface area contributed by atoms with Gasteiger partial charge in [0, 0.05) is 71.6 Å². The molecule has 0 amide bonds. The Hall–Kier alpha value is -3.59. The molecule has 1 fully saturated rings. The number of aromatic amines is 2. The van der Waals surface area contributed by atoms with Gasteiger partial charge in [-0.2, -0.15) is 15.1 Å². The number of likely N-dealkylation sites (N-methyl/N-ethyl adjacent to an activating group) is 1. The molecule has 3 N–H and O–H groups in total. The van der Waals surface area contributed by atoms with E-state index < -0.39 is 0 Å². The summed E-state index contributed by atoms with van der Waals surface area (Å²) in [6.07, 6.45) is 0. The molecule has 3 aromatic heterocycles. The van der Waals surface area contributed by atoms with E-state index >= 15 is 0 Å². The molecule has 1 aliphatic heterocycles. The number of rotatable bonds is 5. The topological polar surface area (TPSA) is 98.0 Å². The average Bonchev–Trinajstić information content (AvgIpc) is 3.43. The zero-order valence-electron chi connectivity index (χ0n) is 21.4. The van der Waals surface area contributed by atoms with Crippen molar-refractivity contribution in [2.24, 2.45) is 0 Å². The molecular weight excluding hydrogens is 440 g/mol. The van der Waals surface area contributed by atoms with Gasteiger partial charge in [0.15, 0.2) is 5.82 Å². The molecule has 4 aromatic rings. The minimum atomic E-state index is -0.0232. The second kappa shape index (κ2) is 8.88. The number of benzene rings is 1. The number of hydrogen-bond donors (Lipinski definition) is 3. The first-order valence-electron chi connectivity index (χ1n) is 12.1. The zero-order valence-corrected chi connectivity index (χ0v) is 21.4. The molecule has 5 rings (SSSR count). The summed E-state index contributed by atoms with van der Waals surface area (Å²) >= 11 is 0. The summed E-state index contributed by atoms with van der Waals surface area (Å²) in [6.45, 7) is 14.3. The number of ether oxygens (including phenoxy) is 1. The Morgan fingerprint density at radius 2 is 1.74 bits per heavy atom. The molecule has 35 heavy (non-hydrogen) atoms. The standard InChI is InChI=1S/C26H34N8O/c1-16-13-18-17(2)20(8-7-19(18)27-16)35-25-29-22(28-23-14-21(31-32-23)26(3,4)5)15-24(30-25)34-11-9-33(6)10-12-34/h7-8,13-15,27H,9-12H2,1-6H3,(H2,28,29,30,31,32). The van der Waals surface area contributed by atoms with Gasteiger partial charge in [-0.15, -0.1) is 0 Å². The quantitative estimate of drug-likeness (QED) is 0.379. The molecule has 1 saturated heterocycles. The van der Waals surface area contributed by atoms with Crippen molar-refractivity contribution in [2.75, 3.05) is 43.4 Å². The molecule has 184 valence electrons. The van der Waals surface area contributed by atoms with Crippen LogP contribution in [0.2, 0.25) is 0 Å². The predicted octanol–water partition coefficient (Wildman–Crippen LogP) is 4.88. The smallest absolute Gasteiger partial charge is 0.325 e. The maximum absolute atomic E-state index is 6.28. The van der Waals surface area contributed by atoms with Crippen LogP contribution < -0.4 is 15.0 Å². The minimum Gasteiger partial charge on any atom is -0.424 e. The lowest BCUT2D eigenvalue weighted by atomic mass is 9.92. The van der Waals surface area contributed by atoms with Gasteiger partial charge in [-0.25, -0.2) is 0 Å². The number of nitrogens with zero attached hydrogens (tertiary/aromatic N) is 5. The lowest BCUT2D eigenvalue weighted by molar-refractivity contribution is 0.311. The second-order valence-electron chi connectivity index (χ2n) is 10.4. The highest BCUT2D eigenvalue weighted by Crippen LogP contribution is 2.32. The Labute approximate surface area is 205 Å². The first-order valence-corrected chi connectivity index (χ1v) is 12.1. The van der Waals surface area contributed by atoms with Gasteiger partial charge >= 0.3 is 6.01 Å². The summed E-state index contributed by atoms with van der Waals surface area (Å²) in [5.41, 5.74) is 4.29. The van der Waals surface area contributed by atoms with Crippen molar-refractivity contribution in [3.63, 3.8) is 0 Å². The molecule has 0 saturated carbocycles. The van der Waals surface area contributed by atoms with Crippen molar-refractivity contribution in [2.45, 2.75) is 40.0 Å². The van der Waals surface area contributed by atoms with Gasteiger partial charge in [0.2, 0.25) is 0 Å². The predicted molar refractivity (Wildman–Crippen MR) is 140 cm³/mol. The summed E-state index contributed by atoms with van der Waals surface area (Å²) < 4.78 is 6.28. The highest BCUT2D eigenvalue weighted by atomic mass is 16.5. The summed E-state index contributed by atoms with van der Waals surface area (Å²) in [4.78, 5) is 17.5. The van der Waals surface area contributed by atoms with E-state index in [1.54, 1.807) is 0 Å². The molecule has 0 radical (unpaired) electrons. The van der Waals surface area contributed by atoms with Crippen LogP contribution >= 0.6 is 0 Å². The van der Waals surface area contributed by atoms with E-state index in [0.717, 1.165) is 65.6 Å². The van der Waals surface area contributed by atoms with Gasteiger partial charge in [0.25, 0.3) is 0 Å². The monoisotopic (exact) mass is 474 g/mol. The molecule has 9 heteroatoms. The summed E-state index contributed by atoms with van der Waals surface area (Å²) in [6, 6.07) is 10.4. The fourth-order valence-electron chi connectivity index (χ4n) is 4.30. The molecule has 0 aliphatic carbocycles. The highest BCUT2D eigenvalue weighted by Gasteiger charge is 2.20. The summed E-state index contributed by atoms with van der Waals surface area (Å²) in [5.74, 6) is 2.94. The Morgan fingerprint density at radius 3 is 2.46 bits per heavy atom. The van der Waals surface area contributed by atoms with E-state index in [4.69, 9.17) is 9.72 Å². The van der Waals surface area contributed by atoms with Crippen LogP contribution in [0.1, 0.15) is 37.7 Å². The zero-order chi connectivity index (χ0) is 24.7. The molecule has 1 aliphatic rings. The number of piperazine rings is 1. The van der Waals surface area contributed by atoms with Crippen LogP contribution in [0.4, 0.5) is 17.5 Å².